The molecule has 2 aliphatic rings. The molecule has 0 bridgehead atoms. The summed E-state index contributed by atoms with van der Waals surface area (Å²) in [5, 5.41) is 11.5. The van der Waals surface area contributed by atoms with Gasteiger partial charge in [-0.3, -0.25) is 9.89 Å². The van der Waals surface area contributed by atoms with Crippen LogP contribution in [0.3, 0.4) is 0 Å². The Morgan fingerprint density at radius 1 is 1.23 bits per heavy atom. The normalized spacial score (nSPS) is 24.0. The molecule has 1 heterocycles. The van der Waals surface area contributed by atoms with Gasteiger partial charge in [0.2, 0.25) is 5.91 Å². The first-order valence-electron chi connectivity index (χ1n) is 10.1. The van der Waals surface area contributed by atoms with Crippen molar-refractivity contribution in [2.24, 2.45) is 5.92 Å². The maximum Gasteiger partial charge on any atom is 0.220 e. The number of nitrogens with zero attached hydrogens (tertiary/aromatic N) is 1. The van der Waals surface area contributed by atoms with Crippen LogP contribution in [0.15, 0.2) is 18.3 Å². The number of hydrogen-bond donors (Lipinski definition) is 2. The molecule has 1 aromatic carbocycles. The minimum Gasteiger partial charge on any atom is -0.490 e. The minimum atomic E-state index is 0.170. The lowest BCUT2D eigenvalue weighted by molar-refractivity contribution is -0.123. The number of fused-ring (bicyclic) bond motifs is 1. The molecule has 2 N–H and O–H groups in total. The first kappa shape index (κ1) is 17.4. The molecule has 2 fully saturated rings. The second-order valence-corrected chi connectivity index (χ2v) is 8.05. The van der Waals surface area contributed by atoms with E-state index in [4.69, 9.17) is 4.74 Å². The number of hydrogen-bond acceptors (Lipinski definition) is 3. The number of rotatable bonds is 5. The van der Waals surface area contributed by atoms with Crippen LogP contribution in [-0.4, -0.2) is 28.3 Å². The van der Waals surface area contributed by atoms with E-state index in [1.807, 2.05) is 18.3 Å². The van der Waals surface area contributed by atoms with Crippen molar-refractivity contribution in [3.8, 4) is 5.75 Å². The molecule has 1 aromatic heterocycles. The van der Waals surface area contributed by atoms with Gasteiger partial charge in [0, 0.05) is 29.8 Å². The van der Waals surface area contributed by atoms with Gasteiger partial charge in [-0.05, 0) is 57.1 Å². The van der Waals surface area contributed by atoms with Gasteiger partial charge in [0.15, 0.2) is 0 Å². The van der Waals surface area contributed by atoms with Gasteiger partial charge in [0.1, 0.15) is 11.9 Å². The van der Waals surface area contributed by atoms with Gasteiger partial charge in [-0.15, -0.1) is 0 Å². The number of aromatic amines is 1. The Balaban J connectivity index is 1.34. The van der Waals surface area contributed by atoms with Crippen molar-refractivity contribution in [2.45, 2.75) is 76.9 Å². The summed E-state index contributed by atoms with van der Waals surface area (Å²) in [6.45, 7) is 2.08. The summed E-state index contributed by atoms with van der Waals surface area (Å²) in [5.41, 5.74) is 2.17. The van der Waals surface area contributed by atoms with Crippen LogP contribution in [0, 0.1) is 12.8 Å². The van der Waals surface area contributed by atoms with Crippen LogP contribution < -0.4 is 10.1 Å². The third-order valence-corrected chi connectivity index (χ3v) is 6.08. The van der Waals surface area contributed by atoms with E-state index in [0.717, 1.165) is 47.9 Å². The zero-order valence-electron chi connectivity index (χ0n) is 15.6. The van der Waals surface area contributed by atoms with E-state index >= 15 is 0 Å². The van der Waals surface area contributed by atoms with Crippen molar-refractivity contribution in [3.05, 3.63) is 23.9 Å². The monoisotopic (exact) mass is 355 g/mol. The highest BCUT2D eigenvalue weighted by Gasteiger charge is 2.26. The van der Waals surface area contributed by atoms with Crippen LogP contribution in [0.1, 0.15) is 63.4 Å². The van der Waals surface area contributed by atoms with E-state index in [1.54, 1.807) is 0 Å². The molecular weight excluding hydrogens is 326 g/mol. The van der Waals surface area contributed by atoms with Crippen molar-refractivity contribution in [1.29, 1.82) is 0 Å². The number of carbonyl (C=O) groups excluding carboxylic acids is 1. The van der Waals surface area contributed by atoms with Crippen LogP contribution in [0.2, 0.25) is 0 Å². The Morgan fingerprint density at radius 3 is 2.92 bits per heavy atom. The number of benzene rings is 1. The molecule has 2 atom stereocenters. The van der Waals surface area contributed by atoms with Crippen molar-refractivity contribution in [2.75, 3.05) is 0 Å². The van der Waals surface area contributed by atoms with Gasteiger partial charge in [-0.25, -0.2) is 0 Å². The highest BCUT2D eigenvalue weighted by molar-refractivity contribution is 5.83. The third-order valence-electron chi connectivity index (χ3n) is 6.08. The molecule has 140 valence electrons. The lowest BCUT2D eigenvalue weighted by Gasteiger charge is -2.31. The lowest BCUT2D eigenvalue weighted by Crippen LogP contribution is -2.41. The molecule has 26 heavy (non-hydrogen) atoms. The molecule has 2 aliphatic carbocycles. The van der Waals surface area contributed by atoms with Crippen LogP contribution in [0.25, 0.3) is 10.9 Å². The molecule has 0 spiro atoms. The summed E-state index contributed by atoms with van der Waals surface area (Å²) in [4.78, 5) is 12.3. The van der Waals surface area contributed by atoms with E-state index < -0.39 is 0 Å². The third kappa shape index (κ3) is 3.87. The maximum atomic E-state index is 12.3. The Bertz CT molecular complexity index is 764. The quantitative estimate of drug-likeness (QED) is 0.842. The summed E-state index contributed by atoms with van der Waals surface area (Å²) in [6.07, 6.45) is 11.9. The van der Waals surface area contributed by atoms with Gasteiger partial charge in [-0.2, -0.15) is 5.10 Å². The number of aryl methyl sites for hydroxylation is 1. The largest absolute Gasteiger partial charge is 0.490 e. The molecular formula is C21H29N3O2. The standard InChI is InChI=1S/C21H29N3O2/c1-14-18-13-22-24-19(18)9-10-20(14)26-17-8-4-7-16(12-17)23-21(25)11-15-5-2-3-6-15/h9-10,13,15-17H,2-8,11-12H2,1H3,(H,22,24)(H,23,25)/t16-,17+/m0/s1. The summed E-state index contributed by atoms with van der Waals surface area (Å²) >= 11 is 0. The molecule has 2 aromatic rings. The van der Waals surface area contributed by atoms with Crippen LogP contribution in [0.4, 0.5) is 0 Å². The van der Waals surface area contributed by atoms with Crippen LogP contribution in [-0.2, 0) is 4.79 Å². The second kappa shape index (κ2) is 7.68. The molecule has 0 radical (unpaired) electrons. The van der Waals surface area contributed by atoms with Gasteiger partial charge in [0.25, 0.3) is 0 Å². The summed E-state index contributed by atoms with van der Waals surface area (Å²) < 4.78 is 6.32. The molecule has 4 rings (SSSR count). The average molecular weight is 355 g/mol. The van der Waals surface area contributed by atoms with E-state index in [-0.39, 0.29) is 18.1 Å². The maximum absolute atomic E-state index is 12.3. The molecule has 0 saturated heterocycles. The Hall–Kier alpha value is -2.04. The van der Waals surface area contributed by atoms with E-state index in [0.29, 0.717) is 12.3 Å². The van der Waals surface area contributed by atoms with Gasteiger partial charge in [0.05, 0.1) is 11.7 Å². The zero-order chi connectivity index (χ0) is 17.9. The van der Waals surface area contributed by atoms with Gasteiger partial charge in [-0.1, -0.05) is 12.8 Å². The topological polar surface area (TPSA) is 67.0 Å². The first-order valence-corrected chi connectivity index (χ1v) is 10.1. The van der Waals surface area contributed by atoms with Gasteiger partial charge < -0.3 is 10.1 Å². The molecule has 2 saturated carbocycles. The average Bonchev–Trinajstić information content (AvgIpc) is 3.29. The fraction of sp³-hybridized carbons (Fsp3) is 0.619. The van der Waals surface area contributed by atoms with Crippen LogP contribution >= 0.6 is 0 Å². The number of nitrogens with one attached hydrogen (secondary N) is 2. The Kier molecular flexibility index (Phi) is 5.14. The lowest BCUT2D eigenvalue weighted by atomic mass is 9.92. The highest BCUT2D eigenvalue weighted by atomic mass is 16.5. The number of carbonyl (C=O) groups is 1. The number of amides is 1. The Labute approximate surface area is 154 Å². The molecule has 1 amide bonds. The van der Waals surface area contributed by atoms with E-state index in [2.05, 4.69) is 22.4 Å². The number of H-pyrrole nitrogens is 1. The summed E-state index contributed by atoms with van der Waals surface area (Å²) in [5.74, 6) is 1.77. The Morgan fingerprint density at radius 2 is 2.08 bits per heavy atom. The summed E-state index contributed by atoms with van der Waals surface area (Å²) in [7, 11) is 0. The zero-order valence-corrected chi connectivity index (χ0v) is 15.6. The number of ether oxygens (including phenoxy) is 1. The van der Waals surface area contributed by atoms with E-state index in [1.165, 1.54) is 25.7 Å². The fourth-order valence-corrected chi connectivity index (χ4v) is 4.59. The minimum absolute atomic E-state index is 0.170. The molecule has 0 aliphatic heterocycles. The van der Waals surface area contributed by atoms with Crippen molar-refractivity contribution < 1.29 is 9.53 Å². The van der Waals surface area contributed by atoms with Gasteiger partial charge >= 0.3 is 0 Å². The fourth-order valence-electron chi connectivity index (χ4n) is 4.59. The smallest absolute Gasteiger partial charge is 0.220 e. The highest BCUT2D eigenvalue weighted by Crippen LogP contribution is 2.31. The SMILES string of the molecule is Cc1c(O[C@@H]2CCC[C@H](NC(=O)CC3CCCC3)C2)ccc2[nH]ncc12. The van der Waals surface area contributed by atoms with Crippen molar-refractivity contribution in [1.82, 2.24) is 15.5 Å². The molecule has 0 unspecified atom stereocenters. The molecule has 5 nitrogen and oxygen atoms in total. The van der Waals surface area contributed by atoms with Crippen molar-refractivity contribution in [3.63, 3.8) is 0 Å². The van der Waals surface area contributed by atoms with Crippen LogP contribution in [0.5, 0.6) is 5.75 Å². The first-order chi connectivity index (χ1) is 12.7. The van der Waals surface area contributed by atoms with Crippen molar-refractivity contribution >= 4 is 16.8 Å². The number of aromatic nitrogens is 2. The predicted molar refractivity (Wildman–Crippen MR) is 102 cm³/mol. The summed E-state index contributed by atoms with van der Waals surface area (Å²) in [6, 6.07) is 4.30. The van der Waals surface area contributed by atoms with E-state index in [9.17, 15) is 4.79 Å². The molecule has 5 heteroatoms. The second-order valence-electron chi connectivity index (χ2n) is 8.05. The predicted octanol–water partition coefficient (Wildman–Crippen LogP) is 4.26.